The third-order valence-electron chi connectivity index (χ3n) is 3.39. The van der Waals surface area contributed by atoms with Crippen LogP contribution in [0.1, 0.15) is 23.6 Å². The van der Waals surface area contributed by atoms with Crippen molar-refractivity contribution in [2.45, 2.75) is 24.3 Å². The lowest BCUT2D eigenvalue weighted by Crippen LogP contribution is -2.30. The molecule has 0 bridgehead atoms. The van der Waals surface area contributed by atoms with E-state index in [1.54, 1.807) is 24.3 Å². The number of carboxylic acids is 1. The number of aromatic nitrogens is 1. The number of pyridine rings is 1. The fourth-order valence-electron chi connectivity index (χ4n) is 2.11. The van der Waals surface area contributed by atoms with Gasteiger partial charge in [0.2, 0.25) is 10.0 Å². The largest absolute Gasteiger partial charge is 0.495 e. The van der Waals surface area contributed by atoms with E-state index in [2.05, 4.69) is 9.71 Å². The first kappa shape index (κ1) is 17.9. The van der Waals surface area contributed by atoms with Crippen LogP contribution >= 0.6 is 0 Å². The van der Waals surface area contributed by atoms with E-state index in [-0.39, 0.29) is 11.3 Å². The molecule has 8 heteroatoms. The van der Waals surface area contributed by atoms with Gasteiger partial charge in [0.15, 0.2) is 0 Å². The Kier molecular flexibility index (Phi) is 5.53. The Morgan fingerprint density at radius 1 is 1.29 bits per heavy atom. The molecule has 2 aromatic rings. The third kappa shape index (κ3) is 4.53. The minimum absolute atomic E-state index is 0.0932. The van der Waals surface area contributed by atoms with E-state index in [0.29, 0.717) is 11.3 Å². The zero-order valence-corrected chi connectivity index (χ0v) is 14.1. The lowest BCUT2D eigenvalue weighted by atomic mass is 10.0. The van der Waals surface area contributed by atoms with Crippen molar-refractivity contribution in [3.8, 4) is 5.75 Å². The molecule has 1 heterocycles. The summed E-state index contributed by atoms with van der Waals surface area (Å²) >= 11 is 0. The zero-order valence-electron chi connectivity index (χ0n) is 13.3. The molecule has 0 fully saturated rings. The quantitative estimate of drug-likeness (QED) is 0.790. The minimum atomic E-state index is -3.95. The van der Waals surface area contributed by atoms with Crippen LogP contribution in [-0.4, -0.2) is 31.6 Å². The average Bonchev–Trinajstić information content (AvgIpc) is 2.54. The van der Waals surface area contributed by atoms with Gasteiger partial charge in [-0.25, -0.2) is 13.1 Å². The van der Waals surface area contributed by atoms with Crippen molar-refractivity contribution in [3.05, 3.63) is 53.9 Å². The number of sulfonamides is 1. The molecule has 0 radical (unpaired) electrons. The summed E-state index contributed by atoms with van der Waals surface area (Å²) in [5.41, 5.74) is 1.56. The van der Waals surface area contributed by atoms with Gasteiger partial charge >= 0.3 is 5.97 Å². The van der Waals surface area contributed by atoms with E-state index in [9.17, 15) is 13.2 Å². The van der Waals surface area contributed by atoms with Gasteiger partial charge < -0.3 is 9.84 Å². The van der Waals surface area contributed by atoms with Gasteiger partial charge in [0, 0.05) is 12.3 Å². The van der Waals surface area contributed by atoms with E-state index in [0.717, 1.165) is 5.56 Å². The molecule has 0 saturated heterocycles. The molecular weight excluding hydrogens is 332 g/mol. The molecule has 128 valence electrons. The Bertz CT molecular complexity index is 819. The van der Waals surface area contributed by atoms with E-state index < -0.39 is 22.0 Å². The molecule has 0 aliphatic carbocycles. The number of aryl methyl sites for hydroxylation is 1. The van der Waals surface area contributed by atoms with Crippen molar-refractivity contribution in [2.24, 2.45) is 0 Å². The van der Waals surface area contributed by atoms with Gasteiger partial charge in [-0.1, -0.05) is 29.8 Å². The summed E-state index contributed by atoms with van der Waals surface area (Å²) in [5, 5.41) is 9.08. The topological polar surface area (TPSA) is 106 Å². The number of carboxylic acid groups (broad SMARTS) is 1. The maximum absolute atomic E-state index is 12.5. The van der Waals surface area contributed by atoms with E-state index in [1.165, 1.54) is 25.6 Å². The number of nitrogens with zero attached hydrogens (tertiary/aromatic N) is 1. The highest BCUT2D eigenvalue weighted by Gasteiger charge is 2.24. The van der Waals surface area contributed by atoms with E-state index in [1.807, 2.05) is 6.92 Å². The second kappa shape index (κ2) is 7.41. The molecule has 0 amide bonds. The highest BCUT2D eigenvalue weighted by Crippen LogP contribution is 2.22. The van der Waals surface area contributed by atoms with E-state index in [4.69, 9.17) is 9.84 Å². The van der Waals surface area contributed by atoms with Crippen LogP contribution in [0.15, 0.2) is 47.6 Å². The smallest absolute Gasteiger partial charge is 0.305 e. The molecule has 0 aliphatic heterocycles. The van der Waals surface area contributed by atoms with Crippen LogP contribution < -0.4 is 9.46 Å². The fourth-order valence-corrected chi connectivity index (χ4v) is 3.31. The van der Waals surface area contributed by atoms with Crippen LogP contribution in [0.4, 0.5) is 0 Å². The lowest BCUT2D eigenvalue weighted by Gasteiger charge is -2.18. The van der Waals surface area contributed by atoms with Gasteiger partial charge in [-0.2, -0.15) is 0 Å². The van der Waals surface area contributed by atoms with Crippen LogP contribution in [0, 0.1) is 6.92 Å². The molecule has 1 unspecified atom stereocenters. The summed E-state index contributed by atoms with van der Waals surface area (Å²) in [6.07, 6.45) is 2.19. The average molecular weight is 350 g/mol. The summed E-state index contributed by atoms with van der Waals surface area (Å²) in [7, 11) is -2.55. The highest BCUT2D eigenvalue weighted by molar-refractivity contribution is 7.89. The number of aliphatic carboxylic acids is 1. The van der Waals surface area contributed by atoms with Gasteiger partial charge in [-0.3, -0.25) is 9.78 Å². The van der Waals surface area contributed by atoms with Crippen molar-refractivity contribution < 1.29 is 23.1 Å². The molecule has 0 spiro atoms. The van der Waals surface area contributed by atoms with Gasteiger partial charge in [0.05, 0.1) is 25.8 Å². The Balaban J connectivity index is 2.33. The summed E-state index contributed by atoms with van der Waals surface area (Å²) in [4.78, 5) is 14.8. The number of ether oxygens (including phenoxy) is 1. The molecule has 0 aliphatic rings. The van der Waals surface area contributed by atoms with Crippen LogP contribution in [0.2, 0.25) is 0 Å². The predicted molar refractivity (Wildman–Crippen MR) is 87.3 cm³/mol. The number of rotatable bonds is 7. The van der Waals surface area contributed by atoms with Gasteiger partial charge in [-0.15, -0.1) is 0 Å². The molecule has 1 aromatic heterocycles. The number of methoxy groups -OCH3 is 1. The second-order valence-corrected chi connectivity index (χ2v) is 6.96. The summed E-state index contributed by atoms with van der Waals surface area (Å²) in [6.45, 7) is 1.89. The summed E-state index contributed by atoms with van der Waals surface area (Å²) in [5.74, 6) is -0.810. The number of carbonyl (C=O) groups is 1. The lowest BCUT2D eigenvalue weighted by molar-refractivity contribution is -0.137. The van der Waals surface area contributed by atoms with E-state index >= 15 is 0 Å². The number of hydrogen-bond donors (Lipinski definition) is 2. The zero-order chi connectivity index (χ0) is 17.7. The van der Waals surface area contributed by atoms with Gasteiger partial charge in [-0.05, 0) is 12.5 Å². The molecule has 0 saturated carbocycles. The number of nitrogens with one attached hydrogen (secondary N) is 1. The first-order chi connectivity index (χ1) is 11.3. The highest BCUT2D eigenvalue weighted by atomic mass is 32.2. The van der Waals surface area contributed by atoms with Gasteiger partial charge in [0.1, 0.15) is 10.6 Å². The SMILES string of the molecule is COc1cncc(S(=O)(=O)NC(CC(=O)O)c2ccc(C)cc2)c1. The van der Waals surface area contributed by atoms with Gasteiger partial charge in [0.25, 0.3) is 0 Å². The van der Waals surface area contributed by atoms with Crippen molar-refractivity contribution in [3.63, 3.8) is 0 Å². The van der Waals surface area contributed by atoms with Crippen LogP contribution in [-0.2, 0) is 14.8 Å². The standard InChI is InChI=1S/C16H18N2O5S/c1-11-3-5-12(6-4-11)15(8-16(19)20)18-24(21,22)14-7-13(23-2)9-17-10-14/h3-7,9-10,15,18H,8H2,1-2H3,(H,19,20). The Labute approximate surface area is 140 Å². The molecule has 24 heavy (non-hydrogen) atoms. The maximum atomic E-state index is 12.5. The molecule has 2 N–H and O–H groups in total. The minimum Gasteiger partial charge on any atom is -0.495 e. The summed E-state index contributed by atoms with van der Waals surface area (Å²) in [6, 6.07) is 7.43. The van der Waals surface area contributed by atoms with Crippen molar-refractivity contribution >= 4 is 16.0 Å². The molecule has 1 atom stereocenters. The van der Waals surface area contributed by atoms with Crippen molar-refractivity contribution in [1.82, 2.24) is 9.71 Å². The molecule has 7 nitrogen and oxygen atoms in total. The Morgan fingerprint density at radius 3 is 2.54 bits per heavy atom. The summed E-state index contributed by atoms with van der Waals surface area (Å²) < 4.78 is 32.5. The Hall–Kier alpha value is -2.45. The first-order valence-electron chi connectivity index (χ1n) is 7.11. The maximum Gasteiger partial charge on any atom is 0.305 e. The van der Waals surface area contributed by atoms with Crippen LogP contribution in [0.5, 0.6) is 5.75 Å². The third-order valence-corrected chi connectivity index (χ3v) is 4.83. The Morgan fingerprint density at radius 2 is 1.96 bits per heavy atom. The van der Waals surface area contributed by atoms with Crippen LogP contribution in [0.25, 0.3) is 0 Å². The number of hydrogen-bond acceptors (Lipinski definition) is 5. The van der Waals surface area contributed by atoms with Crippen molar-refractivity contribution in [1.29, 1.82) is 0 Å². The number of benzene rings is 1. The van der Waals surface area contributed by atoms with Crippen molar-refractivity contribution in [2.75, 3.05) is 7.11 Å². The predicted octanol–water partition coefficient (Wildman–Crippen LogP) is 1.89. The first-order valence-corrected chi connectivity index (χ1v) is 8.60. The molecule has 1 aromatic carbocycles. The normalized spacial score (nSPS) is 12.6. The fraction of sp³-hybridized carbons (Fsp3) is 0.250. The molecule has 2 rings (SSSR count). The monoisotopic (exact) mass is 350 g/mol. The van der Waals surface area contributed by atoms with Crippen LogP contribution in [0.3, 0.4) is 0 Å². The second-order valence-electron chi connectivity index (χ2n) is 5.24. The molecular formula is C16H18N2O5S.